The number of hydrogen-bond acceptors (Lipinski definition) is 6. The molecule has 0 unspecified atom stereocenters. The second-order valence-corrected chi connectivity index (χ2v) is 4.74. The minimum atomic E-state index is -4.62. The van der Waals surface area contributed by atoms with E-state index in [0.29, 0.717) is 5.82 Å². The first kappa shape index (κ1) is 17.9. The Kier molecular flexibility index (Phi) is 5.50. The first-order valence-corrected chi connectivity index (χ1v) is 6.97. The number of aryl methyl sites for hydroxylation is 1. The van der Waals surface area contributed by atoms with Gasteiger partial charge in [-0.3, -0.25) is 4.68 Å². The minimum Gasteiger partial charge on any atom is -0.462 e. The van der Waals surface area contributed by atoms with E-state index in [-0.39, 0.29) is 31.1 Å². The van der Waals surface area contributed by atoms with Crippen molar-refractivity contribution in [2.45, 2.75) is 26.3 Å². The molecule has 0 aliphatic heterocycles. The predicted octanol–water partition coefficient (Wildman–Crippen LogP) is 2.12. The maximum Gasteiger partial charge on any atom is 0.433 e. The fraction of sp³-hybridized carbons (Fsp3) is 0.429. The molecule has 0 atom stereocenters. The molecule has 24 heavy (non-hydrogen) atoms. The number of alkyl halides is 3. The second-order valence-electron chi connectivity index (χ2n) is 4.74. The lowest BCUT2D eigenvalue weighted by Gasteiger charge is -2.12. The van der Waals surface area contributed by atoms with Crippen LogP contribution in [0.25, 0.3) is 0 Å². The Hall–Kier alpha value is -2.49. The fourth-order valence-electron chi connectivity index (χ4n) is 1.85. The first-order valence-electron chi connectivity index (χ1n) is 6.97. The molecule has 0 radical (unpaired) electrons. The van der Waals surface area contributed by atoms with Gasteiger partial charge in [0.05, 0.1) is 24.5 Å². The number of pyridine rings is 1. The van der Waals surface area contributed by atoms with Gasteiger partial charge in [0, 0.05) is 7.05 Å². The molecule has 130 valence electrons. The molecule has 0 aliphatic rings. The topological polar surface area (TPSA) is 79.1 Å². The molecule has 0 saturated heterocycles. The van der Waals surface area contributed by atoms with Crippen molar-refractivity contribution in [3.63, 3.8) is 0 Å². The van der Waals surface area contributed by atoms with Crippen molar-refractivity contribution in [3.05, 3.63) is 41.2 Å². The second kappa shape index (κ2) is 7.39. The summed E-state index contributed by atoms with van der Waals surface area (Å²) in [5.74, 6) is -0.393. The zero-order valence-corrected chi connectivity index (χ0v) is 13.0. The summed E-state index contributed by atoms with van der Waals surface area (Å²) in [6.45, 7) is 1.35. The van der Waals surface area contributed by atoms with Crippen molar-refractivity contribution in [1.82, 2.24) is 19.7 Å². The molecule has 0 saturated carbocycles. The van der Waals surface area contributed by atoms with E-state index in [0.717, 1.165) is 12.1 Å². The van der Waals surface area contributed by atoms with E-state index in [1.165, 1.54) is 11.0 Å². The Labute approximate surface area is 135 Å². The van der Waals surface area contributed by atoms with Crippen LogP contribution in [0.4, 0.5) is 13.2 Å². The molecule has 0 spiro atoms. The summed E-state index contributed by atoms with van der Waals surface area (Å²) in [4.78, 5) is 19.2. The lowest BCUT2D eigenvalue weighted by atomic mass is 10.1. The number of carbonyl (C=O) groups excluding carboxylic acids is 1. The number of aromatic nitrogens is 4. The Bertz CT molecular complexity index is 716. The van der Waals surface area contributed by atoms with E-state index < -0.39 is 17.8 Å². The number of esters is 1. The molecule has 7 nitrogen and oxygen atoms in total. The van der Waals surface area contributed by atoms with E-state index in [9.17, 15) is 18.0 Å². The maximum absolute atomic E-state index is 12.8. The van der Waals surface area contributed by atoms with Gasteiger partial charge in [0.25, 0.3) is 0 Å². The molecule has 10 heteroatoms. The van der Waals surface area contributed by atoms with Crippen LogP contribution >= 0.6 is 0 Å². The van der Waals surface area contributed by atoms with Crippen LogP contribution in [0.15, 0.2) is 18.5 Å². The fourth-order valence-corrected chi connectivity index (χ4v) is 1.85. The van der Waals surface area contributed by atoms with E-state index in [2.05, 4.69) is 15.1 Å². The molecule has 2 rings (SSSR count). The number of ether oxygens (including phenoxy) is 2. The third kappa shape index (κ3) is 4.51. The molecule has 2 heterocycles. The SMILES string of the molecule is CCOC(=O)c1ccc(C(F)(F)F)nc1COCc1ncn(C)n1. The van der Waals surface area contributed by atoms with Gasteiger partial charge in [-0.15, -0.1) is 0 Å². The van der Waals surface area contributed by atoms with Crippen LogP contribution in [0.2, 0.25) is 0 Å². The van der Waals surface area contributed by atoms with Gasteiger partial charge in [-0.2, -0.15) is 18.3 Å². The standard InChI is InChI=1S/C14H15F3N4O3/c1-3-24-13(22)9-4-5-11(14(15,16)17)19-10(9)6-23-7-12-18-8-21(2)20-12/h4-5,8H,3,6-7H2,1-2H3. The van der Waals surface area contributed by atoms with Crippen molar-refractivity contribution in [2.24, 2.45) is 7.05 Å². The third-order valence-corrected chi connectivity index (χ3v) is 2.88. The van der Waals surface area contributed by atoms with Gasteiger partial charge < -0.3 is 9.47 Å². The summed E-state index contributed by atoms with van der Waals surface area (Å²) in [6, 6.07) is 1.77. The van der Waals surface area contributed by atoms with Crippen LogP contribution in [0.1, 0.15) is 34.5 Å². The molecule has 2 aromatic heterocycles. The van der Waals surface area contributed by atoms with Crippen LogP contribution < -0.4 is 0 Å². The zero-order chi connectivity index (χ0) is 17.7. The van der Waals surface area contributed by atoms with Crippen LogP contribution in [0.3, 0.4) is 0 Å². The van der Waals surface area contributed by atoms with E-state index in [4.69, 9.17) is 9.47 Å². The normalized spacial score (nSPS) is 11.5. The Morgan fingerprint density at radius 1 is 1.29 bits per heavy atom. The largest absolute Gasteiger partial charge is 0.462 e. The summed E-state index contributed by atoms with van der Waals surface area (Å²) in [7, 11) is 1.67. The highest BCUT2D eigenvalue weighted by atomic mass is 19.4. The number of rotatable bonds is 6. The van der Waals surface area contributed by atoms with Crippen LogP contribution in [0.5, 0.6) is 0 Å². The zero-order valence-electron chi connectivity index (χ0n) is 13.0. The van der Waals surface area contributed by atoms with Crippen molar-refractivity contribution in [2.75, 3.05) is 6.61 Å². The molecule has 0 fully saturated rings. The van der Waals surface area contributed by atoms with E-state index in [1.54, 1.807) is 14.0 Å². The van der Waals surface area contributed by atoms with Crippen LogP contribution in [-0.2, 0) is 35.9 Å². The molecule has 0 N–H and O–H groups in total. The first-order chi connectivity index (χ1) is 11.3. The molecule has 0 aliphatic carbocycles. The predicted molar refractivity (Wildman–Crippen MR) is 74.7 cm³/mol. The van der Waals surface area contributed by atoms with Gasteiger partial charge in [0.2, 0.25) is 0 Å². The van der Waals surface area contributed by atoms with Gasteiger partial charge in [0.1, 0.15) is 18.6 Å². The number of nitrogens with zero attached hydrogens (tertiary/aromatic N) is 4. The summed E-state index contributed by atoms with van der Waals surface area (Å²) < 4.78 is 50.0. The number of hydrogen-bond donors (Lipinski definition) is 0. The average Bonchev–Trinajstić information content (AvgIpc) is 2.92. The van der Waals surface area contributed by atoms with E-state index >= 15 is 0 Å². The summed E-state index contributed by atoms with van der Waals surface area (Å²) >= 11 is 0. The highest BCUT2D eigenvalue weighted by Crippen LogP contribution is 2.28. The molecule has 0 aromatic carbocycles. The van der Waals surface area contributed by atoms with Crippen molar-refractivity contribution < 1.29 is 27.4 Å². The molecule has 0 bridgehead atoms. The van der Waals surface area contributed by atoms with Crippen molar-refractivity contribution >= 4 is 5.97 Å². The van der Waals surface area contributed by atoms with E-state index in [1.807, 2.05) is 0 Å². The highest BCUT2D eigenvalue weighted by molar-refractivity contribution is 5.90. The Morgan fingerprint density at radius 2 is 2.04 bits per heavy atom. The minimum absolute atomic E-state index is 0.0268. The van der Waals surface area contributed by atoms with Gasteiger partial charge in [-0.05, 0) is 19.1 Å². The quantitative estimate of drug-likeness (QED) is 0.747. The van der Waals surface area contributed by atoms with Gasteiger partial charge >= 0.3 is 12.1 Å². The third-order valence-electron chi connectivity index (χ3n) is 2.88. The van der Waals surface area contributed by atoms with Gasteiger partial charge in [-0.1, -0.05) is 0 Å². The van der Waals surface area contributed by atoms with Gasteiger partial charge in [0.15, 0.2) is 5.82 Å². The van der Waals surface area contributed by atoms with Gasteiger partial charge in [-0.25, -0.2) is 14.8 Å². The smallest absolute Gasteiger partial charge is 0.433 e. The Balaban J connectivity index is 2.18. The molecular formula is C14H15F3N4O3. The molecule has 0 amide bonds. The van der Waals surface area contributed by atoms with Crippen molar-refractivity contribution in [1.29, 1.82) is 0 Å². The number of carbonyl (C=O) groups is 1. The lowest BCUT2D eigenvalue weighted by Crippen LogP contribution is -2.15. The molecular weight excluding hydrogens is 329 g/mol. The monoisotopic (exact) mass is 344 g/mol. The maximum atomic E-state index is 12.8. The van der Waals surface area contributed by atoms with Crippen LogP contribution in [0, 0.1) is 0 Å². The summed E-state index contributed by atoms with van der Waals surface area (Å²) in [5, 5.41) is 3.97. The summed E-state index contributed by atoms with van der Waals surface area (Å²) in [6.07, 6.45) is -3.16. The summed E-state index contributed by atoms with van der Waals surface area (Å²) in [5.41, 5.74) is -1.33. The number of halogens is 3. The highest BCUT2D eigenvalue weighted by Gasteiger charge is 2.33. The van der Waals surface area contributed by atoms with Crippen molar-refractivity contribution in [3.8, 4) is 0 Å². The van der Waals surface area contributed by atoms with Crippen LogP contribution in [-0.4, -0.2) is 32.3 Å². The average molecular weight is 344 g/mol. The Morgan fingerprint density at radius 3 is 2.62 bits per heavy atom. The lowest BCUT2D eigenvalue weighted by molar-refractivity contribution is -0.141. The molecule has 2 aromatic rings.